The van der Waals surface area contributed by atoms with Gasteiger partial charge in [-0.1, -0.05) is 5.10 Å². The van der Waals surface area contributed by atoms with E-state index in [9.17, 15) is 22.4 Å². The molecule has 0 spiro atoms. The van der Waals surface area contributed by atoms with Crippen LogP contribution in [0, 0.1) is 5.82 Å². The summed E-state index contributed by atoms with van der Waals surface area (Å²) in [6.07, 6.45) is -2.08. The number of carbonyl (C=O) groups is 1. The monoisotopic (exact) mass is 527 g/mol. The first-order valence-corrected chi connectivity index (χ1v) is 10.9. The van der Waals surface area contributed by atoms with Crippen molar-refractivity contribution in [3.63, 3.8) is 0 Å². The third-order valence-corrected chi connectivity index (χ3v) is 5.42. The van der Waals surface area contributed by atoms with E-state index in [0.29, 0.717) is 47.0 Å². The van der Waals surface area contributed by atoms with Gasteiger partial charge in [-0.25, -0.2) is 24.3 Å². The maximum absolute atomic E-state index is 13.5. The minimum Gasteiger partial charge on any atom is -0.439 e. The molecule has 0 aliphatic rings. The fraction of sp³-hybridized carbons (Fsp3) is 0.130. The number of alkyl halides is 3. The molecule has 2 N–H and O–H groups in total. The number of ether oxygens (including phenoxy) is 1. The van der Waals surface area contributed by atoms with Crippen LogP contribution in [0.15, 0.2) is 61.1 Å². The van der Waals surface area contributed by atoms with Crippen molar-refractivity contribution in [2.75, 3.05) is 17.3 Å². The number of aromatic amines is 1. The van der Waals surface area contributed by atoms with Gasteiger partial charge < -0.3 is 15.0 Å². The number of aromatic nitrogens is 7. The zero-order valence-corrected chi connectivity index (χ0v) is 19.4. The van der Waals surface area contributed by atoms with Crippen LogP contribution in [0.1, 0.15) is 11.3 Å². The van der Waals surface area contributed by atoms with Crippen LogP contribution in [0.2, 0.25) is 0 Å². The summed E-state index contributed by atoms with van der Waals surface area (Å²) in [5.41, 5.74) is -0.551. The molecule has 3 aromatic heterocycles. The van der Waals surface area contributed by atoms with E-state index in [4.69, 9.17) is 4.74 Å². The Kier molecular flexibility index (Phi) is 6.32. The van der Waals surface area contributed by atoms with Gasteiger partial charge in [0.25, 0.3) is 0 Å². The van der Waals surface area contributed by atoms with Gasteiger partial charge in [0.05, 0.1) is 23.3 Å². The summed E-state index contributed by atoms with van der Waals surface area (Å²) in [6.45, 7) is 0.380. The second kappa shape index (κ2) is 9.76. The summed E-state index contributed by atoms with van der Waals surface area (Å²) in [4.78, 5) is 22.8. The van der Waals surface area contributed by atoms with Crippen molar-refractivity contribution >= 4 is 28.6 Å². The van der Waals surface area contributed by atoms with Crippen LogP contribution in [0.3, 0.4) is 0 Å². The van der Waals surface area contributed by atoms with E-state index in [1.54, 1.807) is 42.3 Å². The van der Waals surface area contributed by atoms with Crippen LogP contribution < -0.4 is 15.0 Å². The number of nitrogens with zero attached hydrogens (tertiary/aromatic N) is 7. The van der Waals surface area contributed by atoms with Crippen LogP contribution in [0.5, 0.6) is 11.6 Å². The predicted octanol–water partition coefficient (Wildman–Crippen LogP) is 4.61. The topological polar surface area (TPSA) is 127 Å². The Balaban J connectivity index is 1.30. The first kappa shape index (κ1) is 24.6. The molecule has 0 unspecified atom stereocenters. The largest absolute Gasteiger partial charge is 0.439 e. The minimum atomic E-state index is -4.89. The van der Waals surface area contributed by atoms with Crippen molar-refractivity contribution in [3.8, 4) is 11.6 Å². The van der Waals surface area contributed by atoms with Gasteiger partial charge in [-0.05, 0) is 52.9 Å². The molecular weight excluding hydrogens is 510 g/mol. The van der Waals surface area contributed by atoms with Gasteiger partial charge in [-0.15, -0.1) is 0 Å². The molecule has 11 nitrogen and oxygen atoms in total. The molecule has 15 heteroatoms. The first-order valence-electron chi connectivity index (χ1n) is 10.9. The molecule has 0 bridgehead atoms. The summed E-state index contributed by atoms with van der Waals surface area (Å²) < 4.78 is 59.6. The Hall–Kier alpha value is -5.08. The summed E-state index contributed by atoms with van der Waals surface area (Å²) >= 11 is 0. The van der Waals surface area contributed by atoms with Gasteiger partial charge in [-0.3, -0.25) is 4.57 Å². The molecule has 0 saturated heterocycles. The van der Waals surface area contributed by atoms with Crippen molar-refractivity contribution in [3.05, 3.63) is 78.1 Å². The van der Waals surface area contributed by atoms with E-state index in [0.717, 1.165) is 6.07 Å². The Bertz CT molecular complexity index is 1600. The Morgan fingerprint density at radius 3 is 2.74 bits per heavy atom. The lowest BCUT2D eigenvalue weighted by Gasteiger charge is -2.14. The van der Waals surface area contributed by atoms with Gasteiger partial charge in [0, 0.05) is 30.4 Å². The van der Waals surface area contributed by atoms with Crippen molar-refractivity contribution in [1.29, 1.82) is 0 Å². The highest BCUT2D eigenvalue weighted by molar-refractivity contribution is 5.98. The van der Waals surface area contributed by atoms with Crippen LogP contribution in [-0.2, 0) is 12.7 Å². The van der Waals surface area contributed by atoms with E-state index in [1.807, 2.05) is 0 Å². The van der Waals surface area contributed by atoms with Gasteiger partial charge >= 0.3 is 12.2 Å². The molecule has 5 aromatic rings. The normalized spacial score (nSPS) is 11.5. The van der Waals surface area contributed by atoms with Crippen molar-refractivity contribution in [1.82, 2.24) is 35.2 Å². The second-order valence-electron chi connectivity index (χ2n) is 8.06. The zero-order chi connectivity index (χ0) is 26.9. The average molecular weight is 527 g/mol. The third kappa shape index (κ3) is 5.21. The molecule has 1 amide bonds. The number of benzene rings is 2. The van der Waals surface area contributed by atoms with Crippen molar-refractivity contribution < 1.29 is 27.1 Å². The lowest BCUT2D eigenvalue weighted by Crippen LogP contribution is -2.19. The van der Waals surface area contributed by atoms with Crippen molar-refractivity contribution in [2.24, 2.45) is 0 Å². The minimum absolute atomic E-state index is 0.199. The second-order valence-corrected chi connectivity index (χ2v) is 8.06. The Labute approximate surface area is 211 Å². The number of tetrazole rings is 1. The third-order valence-electron chi connectivity index (χ3n) is 5.42. The SMILES string of the molecule is CN(Cc1cc(Oc2ccc3c(ccn3C(=O)Nc3ccc(F)c(C(F)(F)F)c3)c2)ncn1)c1nnn[nH]1. The first-order chi connectivity index (χ1) is 18.2. The molecule has 0 atom stereocenters. The van der Waals surface area contributed by atoms with E-state index >= 15 is 0 Å². The molecule has 5 rings (SSSR count). The van der Waals surface area contributed by atoms with Crippen LogP contribution in [0.25, 0.3) is 10.9 Å². The van der Waals surface area contributed by atoms with Crippen LogP contribution in [0.4, 0.5) is 34.0 Å². The van der Waals surface area contributed by atoms with Gasteiger partial charge in [0.1, 0.15) is 17.9 Å². The number of hydrogen-bond donors (Lipinski definition) is 2. The van der Waals surface area contributed by atoms with Crippen molar-refractivity contribution in [2.45, 2.75) is 12.7 Å². The summed E-state index contributed by atoms with van der Waals surface area (Å²) in [5, 5.41) is 16.5. The lowest BCUT2D eigenvalue weighted by atomic mass is 10.2. The average Bonchev–Trinajstić information content (AvgIpc) is 3.55. The number of hydrogen-bond acceptors (Lipinski definition) is 8. The molecule has 38 heavy (non-hydrogen) atoms. The molecule has 0 aliphatic carbocycles. The number of amides is 1. The standard InChI is InChI=1S/C23H17F4N9O2/c1-35(21-31-33-34-32-21)11-15-10-20(29-12-28-15)38-16-3-5-19-13(8-16)6-7-36(19)22(37)30-14-2-4-18(24)17(9-14)23(25,26)27/h2-10,12H,11H2,1H3,(H,30,37)(H,31,32,33,34). The van der Waals surface area contributed by atoms with Crippen LogP contribution >= 0.6 is 0 Å². The Morgan fingerprint density at radius 1 is 1.13 bits per heavy atom. The smallest absolute Gasteiger partial charge is 0.419 e. The molecule has 0 aliphatic heterocycles. The summed E-state index contributed by atoms with van der Waals surface area (Å²) in [5.74, 6) is -0.247. The van der Waals surface area contributed by atoms with Gasteiger partial charge in [0.15, 0.2) is 0 Å². The predicted molar refractivity (Wildman–Crippen MR) is 126 cm³/mol. The zero-order valence-electron chi connectivity index (χ0n) is 19.4. The maximum atomic E-state index is 13.5. The highest BCUT2D eigenvalue weighted by atomic mass is 19.4. The number of anilines is 2. The number of carbonyl (C=O) groups excluding carboxylic acids is 1. The fourth-order valence-electron chi connectivity index (χ4n) is 3.64. The van der Waals surface area contributed by atoms with Gasteiger partial charge in [-0.2, -0.15) is 13.2 Å². The number of halogens is 4. The summed E-state index contributed by atoms with van der Waals surface area (Å²) in [6, 6.07) is 9.71. The number of fused-ring (bicyclic) bond motifs is 1. The molecular formula is C23H17F4N9O2. The van der Waals surface area contributed by atoms with Gasteiger partial charge in [0.2, 0.25) is 11.8 Å². The summed E-state index contributed by atoms with van der Waals surface area (Å²) in [7, 11) is 1.78. The molecule has 0 radical (unpaired) electrons. The molecule has 0 fully saturated rings. The highest BCUT2D eigenvalue weighted by Gasteiger charge is 2.34. The quantitative estimate of drug-likeness (QED) is 0.307. The molecule has 0 saturated carbocycles. The van der Waals surface area contributed by atoms with E-state index in [1.165, 1.54) is 17.1 Å². The molecule has 2 aromatic carbocycles. The highest BCUT2D eigenvalue weighted by Crippen LogP contribution is 2.33. The number of rotatable bonds is 6. The maximum Gasteiger partial charge on any atom is 0.419 e. The van der Waals surface area contributed by atoms with E-state index in [-0.39, 0.29) is 11.6 Å². The molecule has 194 valence electrons. The molecule has 3 heterocycles. The number of H-pyrrole nitrogens is 1. The number of nitrogens with one attached hydrogen (secondary N) is 2. The van der Waals surface area contributed by atoms with E-state index in [2.05, 4.69) is 35.9 Å². The lowest BCUT2D eigenvalue weighted by molar-refractivity contribution is -0.139. The Morgan fingerprint density at radius 2 is 1.97 bits per heavy atom. The fourth-order valence-corrected chi connectivity index (χ4v) is 3.64. The van der Waals surface area contributed by atoms with Crippen LogP contribution in [-0.4, -0.2) is 48.2 Å². The van der Waals surface area contributed by atoms with E-state index < -0.39 is 23.6 Å².